The Morgan fingerprint density at radius 2 is 2.10 bits per heavy atom. The van der Waals surface area contributed by atoms with Crippen molar-refractivity contribution < 1.29 is 20.0 Å². The van der Waals surface area contributed by atoms with Gasteiger partial charge >= 0.3 is 0 Å². The van der Waals surface area contributed by atoms with Crippen LogP contribution in [0.3, 0.4) is 0 Å². The van der Waals surface area contributed by atoms with Gasteiger partial charge in [-0.3, -0.25) is 4.79 Å². The molecule has 0 aliphatic rings. The number of carbonyl (C=O) groups excluding carboxylic acids is 1. The summed E-state index contributed by atoms with van der Waals surface area (Å²) in [6, 6.07) is 7.91. The predicted octanol–water partition coefficient (Wildman–Crippen LogP) is 0.249. The Morgan fingerprint density at radius 1 is 1.38 bits per heavy atom. The molecule has 0 spiro atoms. The molecule has 5 heteroatoms. The van der Waals surface area contributed by atoms with Crippen molar-refractivity contribution in [3.8, 4) is 5.75 Å². The summed E-state index contributed by atoms with van der Waals surface area (Å²) in [5, 5.41) is 14.6. The fourth-order valence-corrected chi connectivity index (χ4v) is 2.00. The number of para-hydroxylation sites is 1. The van der Waals surface area contributed by atoms with E-state index >= 15 is 0 Å². The number of nitrogens with two attached hydrogens (primary N) is 1. The van der Waals surface area contributed by atoms with Crippen molar-refractivity contribution in [3.05, 3.63) is 29.8 Å². The van der Waals surface area contributed by atoms with Gasteiger partial charge in [-0.1, -0.05) is 32.0 Å². The van der Waals surface area contributed by atoms with Crippen LogP contribution in [0, 0.1) is 0 Å². The van der Waals surface area contributed by atoms with Crippen LogP contribution in [0.5, 0.6) is 5.75 Å². The molecule has 1 amide bonds. The fourth-order valence-electron chi connectivity index (χ4n) is 2.00. The number of ether oxygens (including phenoxy) is 1. The molecule has 0 aliphatic carbocycles. The maximum atomic E-state index is 10.7. The maximum absolute atomic E-state index is 10.7. The Balaban J connectivity index is 2.27. The first kappa shape index (κ1) is 17.5. The molecule has 118 valence electrons. The molecule has 0 aliphatic heterocycles. The molecule has 0 aromatic heterocycles. The summed E-state index contributed by atoms with van der Waals surface area (Å²) in [4.78, 5) is 10.7. The molecule has 1 atom stereocenters. The normalized spacial score (nSPS) is 12.2. The van der Waals surface area contributed by atoms with Gasteiger partial charge in [-0.15, -0.1) is 0 Å². The van der Waals surface area contributed by atoms with E-state index in [-0.39, 0.29) is 12.5 Å². The first-order chi connectivity index (χ1) is 10.0. The van der Waals surface area contributed by atoms with Crippen LogP contribution in [0.2, 0.25) is 0 Å². The Kier molecular flexibility index (Phi) is 7.79. The van der Waals surface area contributed by atoms with E-state index in [9.17, 15) is 9.90 Å². The zero-order valence-corrected chi connectivity index (χ0v) is 13.1. The van der Waals surface area contributed by atoms with Crippen LogP contribution < -0.4 is 15.4 Å². The number of hydrogen-bond donors (Lipinski definition) is 3. The molecule has 0 fully saturated rings. The van der Waals surface area contributed by atoms with Crippen LogP contribution in [0.25, 0.3) is 0 Å². The molecular formula is C16H27N2O3+. The number of amides is 1. The topological polar surface area (TPSA) is 75.2 Å². The third-order valence-corrected chi connectivity index (χ3v) is 3.13. The van der Waals surface area contributed by atoms with Crippen molar-refractivity contribution in [3.63, 3.8) is 0 Å². The van der Waals surface area contributed by atoms with Gasteiger partial charge in [0.05, 0.1) is 13.1 Å². The Morgan fingerprint density at radius 3 is 2.76 bits per heavy atom. The number of nitrogens with one attached hydrogen (secondary N) is 1. The largest absolute Gasteiger partial charge is 0.490 e. The van der Waals surface area contributed by atoms with E-state index in [1.165, 1.54) is 6.92 Å². The molecule has 0 heterocycles. The minimum atomic E-state index is -0.525. The molecule has 5 nitrogen and oxygen atoms in total. The van der Waals surface area contributed by atoms with Crippen LogP contribution in [0.4, 0.5) is 0 Å². The highest BCUT2D eigenvalue weighted by molar-refractivity contribution is 5.72. The van der Waals surface area contributed by atoms with Crippen LogP contribution >= 0.6 is 0 Å². The van der Waals surface area contributed by atoms with Crippen LogP contribution in [0.1, 0.15) is 32.3 Å². The van der Waals surface area contributed by atoms with Gasteiger partial charge in [0.15, 0.2) is 0 Å². The molecule has 21 heavy (non-hydrogen) atoms. The standard InChI is InChI=1S/C16H26N2O3/c1-12(2)15-6-4-5-7-16(15)21-11-14(20)10-17-8-9-18-13(3)19/h4-7,12,14,17,20H,8-11H2,1-3H3,(H,18,19)/p+1/t14-/m1/s1. The highest BCUT2D eigenvalue weighted by Gasteiger charge is 2.11. The molecule has 1 aromatic carbocycles. The zero-order chi connectivity index (χ0) is 15.7. The third-order valence-electron chi connectivity index (χ3n) is 3.13. The Hall–Kier alpha value is -1.59. The molecule has 1 rings (SSSR count). The summed E-state index contributed by atoms with van der Waals surface area (Å²) < 4.78 is 5.72. The Labute approximate surface area is 126 Å². The van der Waals surface area contributed by atoms with Gasteiger partial charge < -0.3 is 20.5 Å². The van der Waals surface area contributed by atoms with E-state index in [2.05, 4.69) is 19.2 Å². The summed E-state index contributed by atoms with van der Waals surface area (Å²) in [5.41, 5.74) is 1.15. The first-order valence-corrected chi connectivity index (χ1v) is 7.46. The second-order valence-corrected chi connectivity index (χ2v) is 5.45. The van der Waals surface area contributed by atoms with Crippen molar-refractivity contribution in [1.29, 1.82) is 0 Å². The molecule has 0 radical (unpaired) electrons. The molecule has 4 N–H and O–H groups in total. The van der Waals surface area contributed by atoms with E-state index in [1.807, 2.05) is 29.6 Å². The lowest BCUT2D eigenvalue weighted by atomic mass is 10.0. The van der Waals surface area contributed by atoms with Crippen molar-refractivity contribution in [2.75, 3.05) is 26.2 Å². The van der Waals surface area contributed by atoms with Gasteiger partial charge in [-0.05, 0) is 17.5 Å². The average Bonchev–Trinajstić information content (AvgIpc) is 2.44. The van der Waals surface area contributed by atoms with E-state index in [4.69, 9.17) is 4.74 Å². The molecule has 0 saturated carbocycles. The Bertz CT molecular complexity index is 435. The number of hydrogen-bond acceptors (Lipinski definition) is 3. The van der Waals surface area contributed by atoms with Gasteiger partial charge in [0.1, 0.15) is 25.0 Å². The summed E-state index contributed by atoms with van der Waals surface area (Å²) >= 11 is 0. The SMILES string of the molecule is CC(=O)NCC[NH2+]C[C@@H](O)COc1ccccc1C(C)C. The van der Waals surface area contributed by atoms with Gasteiger partial charge in [-0.2, -0.15) is 0 Å². The average molecular weight is 295 g/mol. The van der Waals surface area contributed by atoms with Crippen molar-refractivity contribution in [2.45, 2.75) is 32.8 Å². The molecule has 0 saturated heterocycles. The number of quaternary nitrogens is 1. The zero-order valence-electron chi connectivity index (χ0n) is 13.1. The van der Waals surface area contributed by atoms with E-state index < -0.39 is 6.10 Å². The van der Waals surface area contributed by atoms with Crippen LogP contribution in [-0.2, 0) is 4.79 Å². The highest BCUT2D eigenvalue weighted by Crippen LogP contribution is 2.25. The third kappa shape index (κ3) is 7.11. The number of rotatable bonds is 9. The van der Waals surface area contributed by atoms with Crippen molar-refractivity contribution >= 4 is 5.91 Å². The van der Waals surface area contributed by atoms with Gasteiger partial charge in [0.2, 0.25) is 5.91 Å². The number of aliphatic hydroxyl groups is 1. The number of aliphatic hydroxyl groups excluding tert-OH is 1. The predicted molar refractivity (Wildman–Crippen MR) is 82.4 cm³/mol. The van der Waals surface area contributed by atoms with E-state index in [1.54, 1.807) is 0 Å². The quantitative estimate of drug-likeness (QED) is 0.572. The van der Waals surface area contributed by atoms with Crippen LogP contribution in [-0.4, -0.2) is 43.4 Å². The summed E-state index contributed by atoms with van der Waals surface area (Å²) in [6.45, 7) is 7.93. The highest BCUT2D eigenvalue weighted by atomic mass is 16.5. The second-order valence-electron chi connectivity index (χ2n) is 5.45. The molecule has 0 unspecified atom stereocenters. The van der Waals surface area contributed by atoms with Crippen molar-refractivity contribution in [2.24, 2.45) is 0 Å². The second kappa shape index (κ2) is 9.37. The van der Waals surface area contributed by atoms with Gasteiger partial charge in [-0.25, -0.2) is 0 Å². The molecule has 1 aromatic rings. The van der Waals surface area contributed by atoms with Gasteiger partial charge in [0.25, 0.3) is 0 Å². The summed E-state index contributed by atoms with van der Waals surface area (Å²) in [7, 11) is 0. The smallest absolute Gasteiger partial charge is 0.217 e. The maximum Gasteiger partial charge on any atom is 0.217 e. The minimum absolute atomic E-state index is 0.0300. The first-order valence-electron chi connectivity index (χ1n) is 7.46. The summed E-state index contributed by atoms with van der Waals surface area (Å²) in [6.07, 6.45) is -0.525. The van der Waals surface area contributed by atoms with E-state index in [0.717, 1.165) is 17.9 Å². The van der Waals surface area contributed by atoms with Crippen molar-refractivity contribution in [1.82, 2.24) is 5.32 Å². The fraction of sp³-hybridized carbons (Fsp3) is 0.562. The number of carbonyl (C=O) groups is 1. The van der Waals surface area contributed by atoms with E-state index in [0.29, 0.717) is 19.0 Å². The minimum Gasteiger partial charge on any atom is -0.490 e. The lowest BCUT2D eigenvalue weighted by Gasteiger charge is -2.16. The molecular weight excluding hydrogens is 268 g/mol. The molecule has 0 bridgehead atoms. The summed E-state index contributed by atoms with van der Waals surface area (Å²) in [5.74, 6) is 1.20. The van der Waals surface area contributed by atoms with Gasteiger partial charge in [0, 0.05) is 6.92 Å². The number of benzene rings is 1. The van der Waals surface area contributed by atoms with Crippen LogP contribution in [0.15, 0.2) is 24.3 Å². The monoisotopic (exact) mass is 295 g/mol. The lowest BCUT2D eigenvalue weighted by molar-refractivity contribution is -0.659. The lowest BCUT2D eigenvalue weighted by Crippen LogP contribution is -2.88.